The van der Waals surface area contributed by atoms with Crippen LogP contribution in [0.4, 0.5) is 0 Å². The third-order valence-corrected chi connectivity index (χ3v) is 4.68. The number of rotatable bonds is 8. The second-order valence-corrected chi connectivity index (χ2v) is 6.64. The van der Waals surface area contributed by atoms with E-state index in [0.29, 0.717) is 22.6 Å². The fourth-order valence-corrected chi connectivity index (χ4v) is 2.99. The number of hydrogen-bond donors (Lipinski definition) is 0. The highest BCUT2D eigenvalue weighted by atomic mass is 16.5. The zero-order valence-corrected chi connectivity index (χ0v) is 17.4. The Labute approximate surface area is 181 Å². The van der Waals surface area contributed by atoms with E-state index in [0.717, 1.165) is 16.7 Å². The van der Waals surface area contributed by atoms with Crippen LogP contribution in [0.25, 0.3) is 17.7 Å². The molecule has 4 nitrogen and oxygen atoms in total. The first-order valence-electron chi connectivity index (χ1n) is 9.67. The number of ketones is 1. The van der Waals surface area contributed by atoms with Crippen molar-refractivity contribution >= 4 is 29.4 Å². The van der Waals surface area contributed by atoms with Crippen LogP contribution in [0.2, 0.25) is 0 Å². The molecule has 31 heavy (non-hydrogen) atoms. The van der Waals surface area contributed by atoms with Gasteiger partial charge in [-0.15, -0.1) is 0 Å². The van der Waals surface area contributed by atoms with Crippen molar-refractivity contribution in [2.24, 2.45) is 0 Å². The molecule has 0 saturated heterocycles. The number of benzene rings is 3. The molecule has 0 aromatic heterocycles. The van der Waals surface area contributed by atoms with Crippen LogP contribution in [0, 0.1) is 0 Å². The Hall–Kier alpha value is -4.14. The van der Waals surface area contributed by atoms with E-state index in [-0.39, 0.29) is 5.78 Å². The minimum atomic E-state index is -0.0702. The van der Waals surface area contributed by atoms with E-state index in [1.807, 2.05) is 42.3 Å². The lowest BCUT2D eigenvalue weighted by Gasteiger charge is -2.06. The number of carbonyl (C=O) groups excluding carboxylic acids is 2. The molecule has 154 valence electrons. The average Bonchev–Trinajstić information content (AvgIpc) is 2.84. The molecule has 0 bridgehead atoms. The molecular formula is C27H22O4. The monoisotopic (exact) mass is 410 g/mol. The van der Waals surface area contributed by atoms with E-state index in [9.17, 15) is 9.59 Å². The van der Waals surface area contributed by atoms with Crippen LogP contribution in [0.5, 0.6) is 11.5 Å². The summed E-state index contributed by atoms with van der Waals surface area (Å²) in [7, 11) is 3.17. The van der Waals surface area contributed by atoms with E-state index >= 15 is 0 Å². The molecule has 0 atom stereocenters. The smallest absolute Gasteiger partial charge is 0.185 e. The summed E-state index contributed by atoms with van der Waals surface area (Å²) in [5, 5.41) is 0. The van der Waals surface area contributed by atoms with Gasteiger partial charge in [-0.3, -0.25) is 4.79 Å². The molecule has 0 spiro atoms. The van der Waals surface area contributed by atoms with E-state index in [1.54, 1.807) is 74.9 Å². The highest BCUT2D eigenvalue weighted by Gasteiger charge is 2.05. The second-order valence-electron chi connectivity index (χ2n) is 6.64. The lowest BCUT2D eigenvalue weighted by atomic mass is 10.0. The number of allylic oxidation sites excluding steroid dienone is 3. The first-order valence-corrected chi connectivity index (χ1v) is 9.67. The van der Waals surface area contributed by atoms with Gasteiger partial charge < -0.3 is 9.47 Å². The molecule has 4 heteroatoms. The molecule has 0 fully saturated rings. The first-order chi connectivity index (χ1) is 15.1. The third-order valence-electron chi connectivity index (χ3n) is 4.68. The fraction of sp³-hybridized carbons (Fsp3) is 0.0741. The third kappa shape index (κ3) is 5.69. The summed E-state index contributed by atoms with van der Waals surface area (Å²) in [5.41, 5.74) is 3.39. The van der Waals surface area contributed by atoms with Crippen molar-refractivity contribution in [3.63, 3.8) is 0 Å². The van der Waals surface area contributed by atoms with Crippen molar-refractivity contribution in [1.82, 2.24) is 0 Å². The fourth-order valence-electron chi connectivity index (χ4n) is 2.99. The van der Waals surface area contributed by atoms with Crippen molar-refractivity contribution in [3.8, 4) is 11.5 Å². The highest BCUT2D eigenvalue weighted by Crippen LogP contribution is 2.24. The molecule has 3 rings (SSSR count). The van der Waals surface area contributed by atoms with Crippen molar-refractivity contribution < 1.29 is 19.1 Å². The minimum Gasteiger partial charge on any atom is -0.497 e. The van der Waals surface area contributed by atoms with E-state index in [2.05, 4.69) is 0 Å². The first kappa shape index (κ1) is 21.6. The van der Waals surface area contributed by atoms with Crippen LogP contribution in [0.1, 0.15) is 27.0 Å². The van der Waals surface area contributed by atoms with Crippen molar-refractivity contribution in [1.29, 1.82) is 0 Å². The van der Waals surface area contributed by atoms with Gasteiger partial charge in [-0.05, 0) is 65.8 Å². The van der Waals surface area contributed by atoms with Crippen molar-refractivity contribution in [2.75, 3.05) is 14.2 Å². The zero-order valence-electron chi connectivity index (χ0n) is 17.4. The Kier molecular flexibility index (Phi) is 7.36. The summed E-state index contributed by atoms with van der Waals surface area (Å²) >= 11 is 0. The molecule has 0 heterocycles. The quantitative estimate of drug-likeness (QED) is 0.212. The lowest BCUT2D eigenvalue weighted by Crippen LogP contribution is -1.93. The molecule has 0 aliphatic carbocycles. The predicted molar refractivity (Wildman–Crippen MR) is 124 cm³/mol. The number of ether oxygens (including phenoxy) is 2. The number of carbonyl (C=O) groups is 1. The van der Waals surface area contributed by atoms with Crippen LogP contribution >= 0.6 is 0 Å². The van der Waals surface area contributed by atoms with Gasteiger partial charge >= 0.3 is 0 Å². The van der Waals surface area contributed by atoms with Gasteiger partial charge in [0.2, 0.25) is 0 Å². The lowest BCUT2D eigenvalue weighted by molar-refractivity contribution is 0.104. The Morgan fingerprint density at radius 2 is 1.55 bits per heavy atom. The topological polar surface area (TPSA) is 52.6 Å². The standard InChI is InChI=1S/C27H22O4/c1-30-25-14-12-21(13-15-25)24(19-28)11-10-23-18-20(9-17-27(23)31-2)8-16-26(29)22-6-4-3-5-7-22/h3-18H,1-2H3. The van der Waals surface area contributed by atoms with Gasteiger partial charge in [0.05, 0.1) is 19.8 Å². The minimum absolute atomic E-state index is 0.0702. The van der Waals surface area contributed by atoms with E-state index in [1.165, 1.54) is 0 Å². The van der Waals surface area contributed by atoms with Crippen LogP contribution in [-0.2, 0) is 4.79 Å². The summed E-state index contributed by atoms with van der Waals surface area (Å²) in [6, 6.07) is 21.8. The molecule has 0 aliphatic heterocycles. The van der Waals surface area contributed by atoms with Gasteiger partial charge in [0.1, 0.15) is 17.4 Å². The number of hydrogen-bond acceptors (Lipinski definition) is 4. The van der Waals surface area contributed by atoms with E-state index < -0.39 is 0 Å². The second kappa shape index (κ2) is 10.6. The normalized spacial score (nSPS) is 10.8. The Morgan fingerprint density at radius 3 is 2.19 bits per heavy atom. The summed E-state index contributed by atoms with van der Waals surface area (Å²) in [5.74, 6) is 3.27. The van der Waals surface area contributed by atoms with Gasteiger partial charge in [-0.2, -0.15) is 0 Å². The van der Waals surface area contributed by atoms with Gasteiger partial charge in [0.15, 0.2) is 5.78 Å². The van der Waals surface area contributed by atoms with Crippen LogP contribution in [-0.4, -0.2) is 25.9 Å². The molecule has 3 aromatic carbocycles. The Bertz CT molecular complexity index is 1150. The maximum atomic E-state index is 12.3. The molecule has 3 aromatic rings. The van der Waals surface area contributed by atoms with Crippen molar-refractivity contribution in [3.05, 3.63) is 107 Å². The van der Waals surface area contributed by atoms with Crippen LogP contribution in [0.15, 0.2) is 84.9 Å². The molecule has 0 aliphatic rings. The molecule has 0 saturated carbocycles. The maximum Gasteiger partial charge on any atom is 0.185 e. The van der Waals surface area contributed by atoms with Crippen LogP contribution < -0.4 is 9.47 Å². The summed E-state index contributed by atoms with van der Waals surface area (Å²) in [6.45, 7) is 0. The summed E-state index contributed by atoms with van der Waals surface area (Å²) < 4.78 is 10.6. The SMILES string of the molecule is COc1ccc(C(=C=O)C=Cc2cc(C=CC(=O)c3ccccc3)ccc2OC)cc1. The zero-order chi connectivity index (χ0) is 22.1. The molecule has 0 radical (unpaired) electrons. The van der Waals surface area contributed by atoms with Gasteiger partial charge in [-0.1, -0.05) is 42.5 Å². The largest absolute Gasteiger partial charge is 0.497 e. The Morgan fingerprint density at radius 1 is 0.806 bits per heavy atom. The number of methoxy groups -OCH3 is 2. The Balaban J connectivity index is 1.83. The predicted octanol–water partition coefficient (Wildman–Crippen LogP) is 5.53. The molecule has 0 N–H and O–H groups in total. The maximum absolute atomic E-state index is 12.3. The van der Waals surface area contributed by atoms with E-state index in [4.69, 9.17) is 9.47 Å². The van der Waals surface area contributed by atoms with Gasteiger partial charge in [0, 0.05) is 11.1 Å². The van der Waals surface area contributed by atoms with Crippen molar-refractivity contribution in [2.45, 2.75) is 0 Å². The summed E-state index contributed by atoms with van der Waals surface area (Å²) in [4.78, 5) is 23.8. The molecule has 0 unspecified atom stereocenters. The molecule has 0 amide bonds. The van der Waals surface area contributed by atoms with Gasteiger partial charge in [0.25, 0.3) is 0 Å². The summed E-state index contributed by atoms with van der Waals surface area (Å²) in [6.07, 6.45) is 6.78. The van der Waals surface area contributed by atoms with Gasteiger partial charge in [-0.25, -0.2) is 4.79 Å². The molecular weight excluding hydrogens is 388 g/mol. The van der Waals surface area contributed by atoms with Crippen LogP contribution in [0.3, 0.4) is 0 Å². The average molecular weight is 410 g/mol. The highest BCUT2D eigenvalue weighted by molar-refractivity contribution is 6.06.